The Hall–Kier alpha value is -2.11. The van der Waals surface area contributed by atoms with Crippen molar-refractivity contribution in [3.8, 4) is 0 Å². The summed E-state index contributed by atoms with van der Waals surface area (Å²) in [5.41, 5.74) is -0.500. The molecule has 0 spiro atoms. The second-order valence-corrected chi connectivity index (χ2v) is 4.22. The minimum atomic E-state index is -1.21. The van der Waals surface area contributed by atoms with Gasteiger partial charge in [-0.2, -0.15) is 0 Å². The van der Waals surface area contributed by atoms with Crippen LogP contribution < -0.4 is 10.6 Å². The Bertz CT molecular complexity index is 430. The highest BCUT2D eigenvalue weighted by molar-refractivity contribution is 5.86. The first-order valence-corrected chi connectivity index (χ1v) is 6.23. The van der Waals surface area contributed by atoms with Gasteiger partial charge in [0.2, 0.25) is 0 Å². The number of hydrogen-bond donors (Lipinski definition) is 3. The van der Waals surface area contributed by atoms with Crippen LogP contribution in [0.4, 0.5) is 4.79 Å². The molecule has 0 aliphatic carbocycles. The SMILES string of the molecule is CCC(CC)(NC(=O)NCc1ccccn1)C(=O)O. The molecule has 2 amide bonds. The van der Waals surface area contributed by atoms with E-state index < -0.39 is 17.5 Å². The zero-order valence-electron chi connectivity index (χ0n) is 11.1. The average molecular weight is 265 g/mol. The summed E-state index contributed by atoms with van der Waals surface area (Å²) in [6.45, 7) is 3.73. The number of carbonyl (C=O) groups excluding carboxylic acids is 1. The molecular formula is C13H19N3O3. The van der Waals surface area contributed by atoms with Crippen molar-refractivity contribution in [2.75, 3.05) is 0 Å². The molecule has 0 aromatic carbocycles. The number of nitrogens with one attached hydrogen (secondary N) is 2. The number of rotatable bonds is 6. The second kappa shape index (κ2) is 6.72. The molecule has 3 N–H and O–H groups in total. The number of nitrogens with zero attached hydrogens (tertiary/aromatic N) is 1. The second-order valence-electron chi connectivity index (χ2n) is 4.22. The zero-order chi connectivity index (χ0) is 14.3. The fraction of sp³-hybridized carbons (Fsp3) is 0.462. The molecule has 19 heavy (non-hydrogen) atoms. The van der Waals surface area contributed by atoms with Gasteiger partial charge in [-0.05, 0) is 25.0 Å². The standard InChI is InChI=1S/C13H19N3O3/c1-3-13(4-2,11(17)18)16-12(19)15-9-10-7-5-6-8-14-10/h5-8H,3-4,9H2,1-2H3,(H,17,18)(H2,15,16,19). The van der Waals surface area contributed by atoms with Crippen molar-refractivity contribution in [3.63, 3.8) is 0 Å². The van der Waals surface area contributed by atoms with Crippen molar-refractivity contribution in [1.29, 1.82) is 0 Å². The van der Waals surface area contributed by atoms with Gasteiger partial charge in [-0.15, -0.1) is 0 Å². The number of aliphatic carboxylic acids is 1. The summed E-state index contributed by atoms with van der Waals surface area (Å²) in [5.74, 6) is -1.02. The first kappa shape index (κ1) is 14.9. The lowest BCUT2D eigenvalue weighted by molar-refractivity contribution is -0.144. The van der Waals surface area contributed by atoms with Gasteiger partial charge in [0.25, 0.3) is 0 Å². The van der Waals surface area contributed by atoms with E-state index in [9.17, 15) is 14.7 Å². The molecule has 6 heteroatoms. The number of urea groups is 1. The van der Waals surface area contributed by atoms with Gasteiger partial charge in [0.1, 0.15) is 5.54 Å². The third kappa shape index (κ3) is 3.94. The van der Waals surface area contributed by atoms with Crippen LogP contribution in [0.5, 0.6) is 0 Å². The zero-order valence-corrected chi connectivity index (χ0v) is 11.1. The van der Waals surface area contributed by atoms with E-state index in [1.165, 1.54) is 0 Å². The molecular weight excluding hydrogens is 246 g/mol. The van der Waals surface area contributed by atoms with Crippen LogP contribution in [0, 0.1) is 0 Å². The van der Waals surface area contributed by atoms with Crippen LogP contribution in [0.1, 0.15) is 32.4 Å². The lowest BCUT2D eigenvalue weighted by Gasteiger charge is -2.28. The van der Waals surface area contributed by atoms with E-state index in [1.807, 2.05) is 6.07 Å². The highest BCUT2D eigenvalue weighted by Gasteiger charge is 2.36. The molecule has 1 aromatic heterocycles. The fourth-order valence-electron chi connectivity index (χ4n) is 1.72. The van der Waals surface area contributed by atoms with Gasteiger partial charge < -0.3 is 15.7 Å². The molecule has 0 fully saturated rings. The van der Waals surface area contributed by atoms with Crippen LogP contribution in [0.15, 0.2) is 24.4 Å². The maximum atomic E-state index is 11.7. The van der Waals surface area contributed by atoms with Gasteiger partial charge in [0.15, 0.2) is 0 Å². The average Bonchev–Trinajstić information content (AvgIpc) is 2.43. The Morgan fingerprint density at radius 2 is 2.00 bits per heavy atom. The Labute approximate surface area is 112 Å². The number of aromatic nitrogens is 1. The molecule has 1 heterocycles. The van der Waals surface area contributed by atoms with E-state index in [4.69, 9.17) is 0 Å². The van der Waals surface area contributed by atoms with Crippen LogP contribution in [0.3, 0.4) is 0 Å². The van der Waals surface area contributed by atoms with E-state index in [1.54, 1.807) is 32.2 Å². The van der Waals surface area contributed by atoms with Crippen molar-refractivity contribution in [2.24, 2.45) is 0 Å². The van der Waals surface area contributed by atoms with Gasteiger partial charge in [0.05, 0.1) is 12.2 Å². The summed E-state index contributed by atoms with van der Waals surface area (Å²) >= 11 is 0. The van der Waals surface area contributed by atoms with Gasteiger partial charge in [-0.1, -0.05) is 19.9 Å². The maximum Gasteiger partial charge on any atom is 0.329 e. The molecule has 0 atom stereocenters. The summed E-state index contributed by atoms with van der Waals surface area (Å²) < 4.78 is 0. The van der Waals surface area contributed by atoms with Crippen LogP contribution >= 0.6 is 0 Å². The topological polar surface area (TPSA) is 91.3 Å². The van der Waals surface area contributed by atoms with Gasteiger partial charge >= 0.3 is 12.0 Å². The summed E-state index contributed by atoms with van der Waals surface area (Å²) in [6, 6.07) is 4.88. The quantitative estimate of drug-likeness (QED) is 0.727. The van der Waals surface area contributed by atoms with Crippen LogP contribution in [-0.2, 0) is 11.3 Å². The summed E-state index contributed by atoms with van der Waals surface area (Å²) in [7, 11) is 0. The van der Waals surface area contributed by atoms with E-state index in [0.717, 1.165) is 0 Å². The van der Waals surface area contributed by atoms with Gasteiger partial charge in [0, 0.05) is 6.20 Å². The predicted molar refractivity (Wildman–Crippen MR) is 70.6 cm³/mol. The highest BCUT2D eigenvalue weighted by Crippen LogP contribution is 2.15. The van der Waals surface area contributed by atoms with E-state index in [2.05, 4.69) is 15.6 Å². The molecule has 0 bridgehead atoms. The largest absolute Gasteiger partial charge is 0.480 e. The Morgan fingerprint density at radius 3 is 2.47 bits per heavy atom. The molecule has 0 saturated heterocycles. The summed E-state index contributed by atoms with van der Waals surface area (Å²) in [4.78, 5) is 27.0. The van der Waals surface area contributed by atoms with Crippen LogP contribution in [0.25, 0.3) is 0 Å². The first-order valence-electron chi connectivity index (χ1n) is 6.23. The van der Waals surface area contributed by atoms with E-state index in [0.29, 0.717) is 18.5 Å². The number of carbonyl (C=O) groups is 2. The number of carboxylic acids is 1. The third-order valence-corrected chi connectivity index (χ3v) is 3.13. The van der Waals surface area contributed by atoms with Crippen LogP contribution in [-0.4, -0.2) is 27.6 Å². The maximum absolute atomic E-state index is 11.7. The Morgan fingerprint density at radius 1 is 1.32 bits per heavy atom. The smallest absolute Gasteiger partial charge is 0.329 e. The minimum absolute atomic E-state index is 0.260. The summed E-state index contributed by atoms with van der Waals surface area (Å²) in [5, 5.41) is 14.3. The Balaban J connectivity index is 2.57. The number of amides is 2. The molecule has 0 saturated carbocycles. The molecule has 104 valence electrons. The number of pyridine rings is 1. The molecule has 0 aliphatic heterocycles. The normalized spacial score (nSPS) is 10.8. The van der Waals surface area contributed by atoms with E-state index in [-0.39, 0.29) is 6.54 Å². The lowest BCUT2D eigenvalue weighted by Crippen LogP contribution is -2.56. The molecule has 0 aliphatic rings. The van der Waals surface area contributed by atoms with Gasteiger partial charge in [-0.3, -0.25) is 4.98 Å². The van der Waals surface area contributed by atoms with Crippen molar-refractivity contribution >= 4 is 12.0 Å². The molecule has 6 nitrogen and oxygen atoms in total. The molecule has 0 radical (unpaired) electrons. The van der Waals surface area contributed by atoms with E-state index >= 15 is 0 Å². The van der Waals surface area contributed by atoms with Gasteiger partial charge in [-0.25, -0.2) is 9.59 Å². The van der Waals surface area contributed by atoms with Crippen LogP contribution in [0.2, 0.25) is 0 Å². The Kier molecular flexibility index (Phi) is 5.29. The number of carboxylic acid groups (broad SMARTS) is 1. The highest BCUT2D eigenvalue weighted by atomic mass is 16.4. The lowest BCUT2D eigenvalue weighted by atomic mass is 9.93. The molecule has 1 rings (SSSR count). The molecule has 1 aromatic rings. The minimum Gasteiger partial charge on any atom is -0.480 e. The first-order chi connectivity index (χ1) is 9.04. The number of hydrogen-bond acceptors (Lipinski definition) is 3. The third-order valence-electron chi connectivity index (χ3n) is 3.13. The predicted octanol–water partition coefficient (Wildman–Crippen LogP) is 1.52. The van der Waals surface area contributed by atoms with Crippen molar-refractivity contribution in [1.82, 2.24) is 15.6 Å². The van der Waals surface area contributed by atoms with Crippen molar-refractivity contribution < 1.29 is 14.7 Å². The van der Waals surface area contributed by atoms with Crippen molar-refractivity contribution in [3.05, 3.63) is 30.1 Å². The fourth-order valence-corrected chi connectivity index (χ4v) is 1.72. The monoisotopic (exact) mass is 265 g/mol. The van der Waals surface area contributed by atoms with Crippen molar-refractivity contribution in [2.45, 2.75) is 38.8 Å². The molecule has 0 unspecified atom stereocenters. The summed E-state index contributed by atoms with van der Waals surface area (Å²) in [6.07, 6.45) is 2.29.